The summed E-state index contributed by atoms with van der Waals surface area (Å²) >= 11 is 3.82. The normalized spacial score (nSPS) is 10.8. The van der Waals surface area contributed by atoms with Gasteiger partial charge in [-0.3, -0.25) is 0 Å². The fourth-order valence-corrected chi connectivity index (χ4v) is 2.89. The Morgan fingerprint density at radius 1 is 1.50 bits per heavy atom. The minimum absolute atomic E-state index is 0.414. The van der Waals surface area contributed by atoms with Gasteiger partial charge in [-0.15, -0.1) is 11.3 Å². The van der Waals surface area contributed by atoms with Crippen molar-refractivity contribution in [2.45, 2.75) is 6.92 Å². The molecular weight excluding hydrogens is 283 g/mol. The van der Waals surface area contributed by atoms with Crippen LogP contribution in [-0.2, 0) is 0 Å². The van der Waals surface area contributed by atoms with E-state index in [1.54, 1.807) is 11.3 Å². The molecule has 0 amide bonds. The summed E-state index contributed by atoms with van der Waals surface area (Å²) < 4.78 is 2.11. The van der Waals surface area contributed by atoms with Crippen LogP contribution in [0, 0.1) is 10.5 Å². The first kappa shape index (κ1) is 8.31. The predicted molar refractivity (Wildman–Crippen MR) is 60.9 cm³/mol. The second-order valence-electron chi connectivity index (χ2n) is 2.69. The van der Waals surface area contributed by atoms with Crippen LogP contribution in [0.1, 0.15) is 5.56 Å². The van der Waals surface area contributed by atoms with Crippen molar-refractivity contribution in [2.24, 2.45) is 0 Å². The summed E-state index contributed by atoms with van der Waals surface area (Å²) in [5, 5.41) is 12.7. The van der Waals surface area contributed by atoms with Crippen molar-refractivity contribution in [1.82, 2.24) is 0 Å². The van der Waals surface area contributed by atoms with Crippen LogP contribution in [0.25, 0.3) is 10.1 Å². The van der Waals surface area contributed by atoms with Crippen molar-refractivity contribution in [1.29, 1.82) is 0 Å². The summed E-state index contributed by atoms with van der Waals surface area (Å²) in [6.07, 6.45) is 0. The SMILES string of the molecule is Cc1cc(I)c(O)c2ccsc12. The van der Waals surface area contributed by atoms with Gasteiger partial charge in [0, 0.05) is 10.1 Å². The van der Waals surface area contributed by atoms with Gasteiger partial charge in [0.2, 0.25) is 0 Å². The Balaban J connectivity index is 2.97. The lowest BCUT2D eigenvalue weighted by atomic mass is 10.2. The van der Waals surface area contributed by atoms with Crippen molar-refractivity contribution < 1.29 is 5.11 Å². The number of benzene rings is 1. The highest BCUT2D eigenvalue weighted by Gasteiger charge is 2.07. The van der Waals surface area contributed by atoms with Crippen molar-refractivity contribution >= 4 is 44.0 Å². The lowest BCUT2D eigenvalue weighted by Gasteiger charge is -2.01. The molecule has 0 radical (unpaired) electrons. The molecule has 2 aromatic rings. The zero-order valence-electron chi connectivity index (χ0n) is 6.47. The van der Waals surface area contributed by atoms with E-state index in [4.69, 9.17) is 0 Å². The number of fused-ring (bicyclic) bond motifs is 1. The maximum absolute atomic E-state index is 9.67. The van der Waals surface area contributed by atoms with Crippen molar-refractivity contribution in [3.8, 4) is 5.75 Å². The molecule has 0 aliphatic rings. The summed E-state index contributed by atoms with van der Waals surface area (Å²) in [6.45, 7) is 2.07. The molecule has 62 valence electrons. The zero-order valence-corrected chi connectivity index (χ0v) is 9.44. The lowest BCUT2D eigenvalue weighted by Crippen LogP contribution is -1.78. The molecule has 2 rings (SSSR count). The first-order valence-corrected chi connectivity index (χ1v) is 5.51. The van der Waals surface area contributed by atoms with Gasteiger partial charge in [-0.2, -0.15) is 0 Å². The minimum Gasteiger partial charge on any atom is -0.506 e. The van der Waals surface area contributed by atoms with Crippen LogP contribution in [-0.4, -0.2) is 5.11 Å². The van der Waals surface area contributed by atoms with Gasteiger partial charge in [0.15, 0.2) is 0 Å². The number of hydrogen-bond donors (Lipinski definition) is 1. The molecular formula is C9H7IOS. The van der Waals surface area contributed by atoms with Crippen LogP contribution in [0.5, 0.6) is 5.75 Å². The van der Waals surface area contributed by atoms with Gasteiger partial charge in [-0.25, -0.2) is 0 Å². The van der Waals surface area contributed by atoms with E-state index in [1.165, 1.54) is 10.3 Å². The number of phenols is 1. The summed E-state index contributed by atoms with van der Waals surface area (Å²) in [6, 6.07) is 3.97. The van der Waals surface area contributed by atoms with E-state index in [9.17, 15) is 5.11 Å². The molecule has 0 saturated carbocycles. The van der Waals surface area contributed by atoms with Gasteiger partial charge in [-0.1, -0.05) is 0 Å². The van der Waals surface area contributed by atoms with Crippen LogP contribution in [0.15, 0.2) is 17.5 Å². The second kappa shape index (κ2) is 2.88. The first-order chi connectivity index (χ1) is 5.70. The van der Waals surface area contributed by atoms with E-state index in [0.29, 0.717) is 5.75 Å². The number of aromatic hydroxyl groups is 1. The van der Waals surface area contributed by atoms with E-state index in [-0.39, 0.29) is 0 Å². The lowest BCUT2D eigenvalue weighted by molar-refractivity contribution is 0.478. The monoisotopic (exact) mass is 290 g/mol. The van der Waals surface area contributed by atoms with Gasteiger partial charge in [0.05, 0.1) is 3.57 Å². The van der Waals surface area contributed by atoms with Gasteiger partial charge in [0.25, 0.3) is 0 Å². The highest BCUT2D eigenvalue weighted by Crippen LogP contribution is 2.35. The highest BCUT2D eigenvalue weighted by atomic mass is 127. The van der Waals surface area contributed by atoms with Crippen molar-refractivity contribution in [2.75, 3.05) is 0 Å². The number of hydrogen-bond acceptors (Lipinski definition) is 2. The molecule has 0 unspecified atom stereocenters. The Morgan fingerprint density at radius 2 is 2.25 bits per heavy atom. The minimum atomic E-state index is 0.414. The Bertz CT molecular complexity index is 433. The van der Waals surface area contributed by atoms with Crippen LogP contribution in [0.4, 0.5) is 0 Å². The van der Waals surface area contributed by atoms with E-state index in [1.807, 2.05) is 17.5 Å². The Labute approximate surface area is 88.2 Å². The van der Waals surface area contributed by atoms with Crippen LogP contribution < -0.4 is 0 Å². The second-order valence-corrected chi connectivity index (χ2v) is 4.77. The molecule has 1 N–H and O–H groups in total. The fraction of sp³-hybridized carbons (Fsp3) is 0.111. The molecule has 0 fully saturated rings. The summed E-state index contributed by atoms with van der Waals surface area (Å²) in [4.78, 5) is 0. The van der Waals surface area contributed by atoms with Crippen molar-refractivity contribution in [3.63, 3.8) is 0 Å². The maximum Gasteiger partial charge on any atom is 0.137 e. The molecule has 0 atom stereocenters. The standard InChI is InChI=1S/C9H7IOS/c1-5-4-7(10)8(11)6-2-3-12-9(5)6/h2-4,11H,1H3. The molecule has 1 nitrogen and oxygen atoms in total. The molecule has 3 heteroatoms. The molecule has 1 heterocycles. The molecule has 0 aliphatic heterocycles. The third-order valence-electron chi connectivity index (χ3n) is 1.85. The average Bonchev–Trinajstić information content (AvgIpc) is 2.48. The quantitative estimate of drug-likeness (QED) is 0.736. The average molecular weight is 290 g/mol. The Hall–Kier alpha value is -0.290. The topological polar surface area (TPSA) is 20.2 Å². The van der Waals surface area contributed by atoms with Crippen LogP contribution >= 0.6 is 33.9 Å². The zero-order chi connectivity index (χ0) is 8.72. The number of thiophene rings is 1. The Kier molecular flexibility index (Phi) is 2.00. The number of rotatable bonds is 0. The Morgan fingerprint density at radius 3 is 3.00 bits per heavy atom. The highest BCUT2D eigenvalue weighted by molar-refractivity contribution is 14.1. The molecule has 0 bridgehead atoms. The predicted octanol–water partition coefficient (Wildman–Crippen LogP) is 3.52. The number of phenolic OH excluding ortho intramolecular Hbond substituents is 1. The summed E-state index contributed by atoms with van der Waals surface area (Å²) in [5.41, 5.74) is 1.24. The van der Waals surface area contributed by atoms with Crippen LogP contribution in [0.2, 0.25) is 0 Å². The fourth-order valence-electron chi connectivity index (χ4n) is 1.25. The van der Waals surface area contributed by atoms with Crippen LogP contribution in [0.3, 0.4) is 0 Å². The molecule has 0 aliphatic carbocycles. The maximum atomic E-state index is 9.67. The number of halogens is 1. The summed E-state index contributed by atoms with van der Waals surface area (Å²) in [7, 11) is 0. The largest absolute Gasteiger partial charge is 0.506 e. The van der Waals surface area contributed by atoms with E-state index >= 15 is 0 Å². The third kappa shape index (κ3) is 1.11. The van der Waals surface area contributed by atoms with E-state index in [0.717, 1.165) is 8.96 Å². The number of aryl methyl sites for hydroxylation is 1. The first-order valence-electron chi connectivity index (χ1n) is 3.55. The van der Waals surface area contributed by atoms with Crippen molar-refractivity contribution in [3.05, 3.63) is 26.6 Å². The molecule has 0 spiro atoms. The van der Waals surface area contributed by atoms with Gasteiger partial charge in [0.1, 0.15) is 5.75 Å². The van der Waals surface area contributed by atoms with Gasteiger partial charge in [-0.05, 0) is 52.6 Å². The smallest absolute Gasteiger partial charge is 0.137 e. The molecule has 1 aromatic carbocycles. The summed E-state index contributed by atoms with van der Waals surface area (Å²) in [5.74, 6) is 0.414. The molecule has 1 aromatic heterocycles. The van der Waals surface area contributed by atoms with Gasteiger partial charge < -0.3 is 5.11 Å². The third-order valence-corrected chi connectivity index (χ3v) is 3.72. The van der Waals surface area contributed by atoms with E-state index < -0.39 is 0 Å². The van der Waals surface area contributed by atoms with E-state index in [2.05, 4.69) is 29.5 Å². The molecule has 0 saturated heterocycles. The molecule has 12 heavy (non-hydrogen) atoms. The van der Waals surface area contributed by atoms with Gasteiger partial charge >= 0.3 is 0 Å².